The van der Waals surface area contributed by atoms with Gasteiger partial charge in [0.15, 0.2) is 0 Å². The Labute approximate surface area is 116 Å². The van der Waals surface area contributed by atoms with Gasteiger partial charge < -0.3 is 10.4 Å². The Morgan fingerprint density at radius 1 is 1.45 bits per heavy atom. The summed E-state index contributed by atoms with van der Waals surface area (Å²) < 4.78 is 13.5. The number of hydrogen-bond acceptors (Lipinski definition) is 4. The molecule has 20 heavy (non-hydrogen) atoms. The number of rotatable bonds is 4. The van der Waals surface area contributed by atoms with Crippen LogP contribution in [-0.4, -0.2) is 41.5 Å². The molecule has 1 fully saturated rings. The first-order valence-corrected chi connectivity index (χ1v) is 6.47. The number of halogens is 1. The van der Waals surface area contributed by atoms with Crippen molar-refractivity contribution in [2.45, 2.75) is 25.0 Å². The fourth-order valence-electron chi connectivity index (χ4n) is 2.21. The highest BCUT2D eigenvalue weighted by molar-refractivity contribution is 6.00. The summed E-state index contributed by atoms with van der Waals surface area (Å²) >= 11 is 0. The molecule has 0 aromatic heterocycles. The molecule has 108 valence electrons. The topological polar surface area (TPSA) is 69.6 Å². The number of amides is 2. The third kappa shape index (κ3) is 3.02. The van der Waals surface area contributed by atoms with Crippen molar-refractivity contribution in [1.82, 2.24) is 10.2 Å². The Morgan fingerprint density at radius 2 is 2.15 bits per heavy atom. The summed E-state index contributed by atoms with van der Waals surface area (Å²) in [5, 5.41) is 12.8. The lowest BCUT2D eigenvalue weighted by Gasteiger charge is -2.29. The number of likely N-dealkylation sites (N-methyl/N-ethyl adjacent to an activating group) is 1. The molecule has 1 aromatic rings. The molecule has 2 atom stereocenters. The molecule has 1 aliphatic heterocycles. The first-order valence-electron chi connectivity index (χ1n) is 6.47. The molecule has 2 amide bonds. The molecule has 5 nitrogen and oxygen atoms in total. The first kappa shape index (κ1) is 14.6. The van der Waals surface area contributed by atoms with E-state index in [0.717, 1.165) is 4.90 Å². The van der Waals surface area contributed by atoms with Crippen molar-refractivity contribution in [3.05, 3.63) is 35.6 Å². The molecule has 0 bridgehead atoms. The fraction of sp³-hybridized carbons (Fsp3) is 0.429. The fourth-order valence-corrected chi connectivity index (χ4v) is 2.21. The molecular weight excluding hydrogens is 263 g/mol. The second-order valence-corrected chi connectivity index (χ2v) is 4.83. The van der Waals surface area contributed by atoms with E-state index in [2.05, 4.69) is 5.32 Å². The van der Waals surface area contributed by atoms with Gasteiger partial charge in [-0.1, -0.05) is 18.2 Å². The quantitative estimate of drug-likeness (QED) is 0.792. The summed E-state index contributed by atoms with van der Waals surface area (Å²) in [5.74, 6) is -1.01. The number of aliphatic hydroxyl groups excluding tert-OH is 1. The predicted octanol–water partition coefficient (Wildman–Crippen LogP) is 0.596. The number of imide groups is 1. The van der Waals surface area contributed by atoms with Gasteiger partial charge in [-0.05, 0) is 12.5 Å². The average molecular weight is 280 g/mol. The minimum Gasteiger partial charge on any atom is -0.387 e. The third-order valence-electron chi connectivity index (χ3n) is 3.47. The van der Waals surface area contributed by atoms with E-state index < -0.39 is 18.0 Å². The van der Waals surface area contributed by atoms with E-state index in [1.807, 2.05) is 0 Å². The Bertz CT molecular complexity index is 521. The predicted molar refractivity (Wildman–Crippen MR) is 70.2 cm³/mol. The summed E-state index contributed by atoms with van der Waals surface area (Å²) in [6.07, 6.45) is -0.353. The number of nitrogens with zero attached hydrogens (tertiary/aromatic N) is 1. The van der Waals surface area contributed by atoms with Gasteiger partial charge in [0.1, 0.15) is 5.82 Å². The van der Waals surface area contributed by atoms with E-state index >= 15 is 0 Å². The van der Waals surface area contributed by atoms with E-state index in [-0.39, 0.29) is 30.3 Å². The van der Waals surface area contributed by atoms with E-state index in [4.69, 9.17) is 0 Å². The number of carbonyl (C=O) groups excluding carboxylic acids is 2. The molecule has 1 heterocycles. The molecule has 1 aromatic carbocycles. The van der Waals surface area contributed by atoms with Gasteiger partial charge in [-0.15, -0.1) is 0 Å². The van der Waals surface area contributed by atoms with Gasteiger partial charge in [-0.3, -0.25) is 14.5 Å². The van der Waals surface area contributed by atoms with Crippen LogP contribution in [0.2, 0.25) is 0 Å². The summed E-state index contributed by atoms with van der Waals surface area (Å²) in [6, 6.07) is 5.44. The number of piperidine rings is 1. The molecule has 1 saturated heterocycles. The molecule has 1 aliphatic rings. The van der Waals surface area contributed by atoms with E-state index in [1.165, 1.54) is 19.2 Å². The lowest BCUT2D eigenvalue weighted by atomic mass is 10.0. The van der Waals surface area contributed by atoms with Gasteiger partial charge in [-0.2, -0.15) is 0 Å². The number of hydrogen-bond donors (Lipinski definition) is 2. The zero-order valence-electron chi connectivity index (χ0n) is 11.2. The molecule has 0 aliphatic carbocycles. The lowest BCUT2D eigenvalue weighted by molar-refractivity contribution is -0.148. The number of likely N-dealkylation sites (tertiary alicyclic amines) is 1. The molecule has 0 saturated carbocycles. The number of carbonyl (C=O) groups is 2. The normalized spacial score (nSPS) is 21.1. The Kier molecular flexibility index (Phi) is 4.46. The highest BCUT2D eigenvalue weighted by atomic mass is 19.1. The number of benzene rings is 1. The van der Waals surface area contributed by atoms with E-state index in [9.17, 15) is 19.1 Å². The van der Waals surface area contributed by atoms with Crippen LogP contribution in [0.3, 0.4) is 0 Å². The molecule has 6 heteroatoms. The van der Waals surface area contributed by atoms with Crippen molar-refractivity contribution < 1.29 is 19.1 Å². The van der Waals surface area contributed by atoms with E-state index in [0.29, 0.717) is 6.42 Å². The van der Waals surface area contributed by atoms with Crippen molar-refractivity contribution in [3.8, 4) is 0 Å². The summed E-state index contributed by atoms with van der Waals surface area (Å²) in [5.41, 5.74) is 0.188. The highest BCUT2D eigenvalue weighted by Crippen LogP contribution is 2.17. The SMILES string of the molecule is CN1C(=O)CCC(NCC(O)c2ccccc2F)C1=O. The van der Waals surface area contributed by atoms with Crippen molar-refractivity contribution in [3.63, 3.8) is 0 Å². The maximum absolute atomic E-state index is 13.5. The second-order valence-electron chi connectivity index (χ2n) is 4.83. The minimum atomic E-state index is -1.04. The summed E-state index contributed by atoms with van der Waals surface area (Å²) in [4.78, 5) is 24.3. The highest BCUT2D eigenvalue weighted by Gasteiger charge is 2.31. The van der Waals surface area contributed by atoms with Crippen molar-refractivity contribution in [1.29, 1.82) is 0 Å². The Hall–Kier alpha value is -1.79. The van der Waals surface area contributed by atoms with Gasteiger partial charge in [0.05, 0.1) is 12.1 Å². The molecule has 2 N–H and O–H groups in total. The standard InChI is InChI=1S/C14H17FN2O3/c1-17-13(19)7-6-11(14(17)20)16-8-12(18)9-4-2-3-5-10(9)15/h2-5,11-12,16,18H,6-8H2,1H3. The monoisotopic (exact) mass is 280 g/mol. The van der Waals surface area contributed by atoms with Crippen LogP contribution in [-0.2, 0) is 9.59 Å². The average Bonchev–Trinajstić information content (AvgIpc) is 2.44. The van der Waals surface area contributed by atoms with Crippen LogP contribution >= 0.6 is 0 Å². The van der Waals surface area contributed by atoms with Crippen molar-refractivity contribution >= 4 is 11.8 Å². The van der Waals surface area contributed by atoms with Crippen LogP contribution in [0.4, 0.5) is 4.39 Å². The first-order chi connectivity index (χ1) is 9.50. The molecule has 2 unspecified atom stereocenters. The number of aliphatic hydroxyl groups is 1. The second kappa shape index (κ2) is 6.11. The molecule has 2 rings (SSSR count). The maximum Gasteiger partial charge on any atom is 0.246 e. The lowest BCUT2D eigenvalue weighted by Crippen LogP contribution is -2.52. The van der Waals surface area contributed by atoms with Crippen molar-refractivity contribution in [2.75, 3.05) is 13.6 Å². The summed E-state index contributed by atoms with van der Waals surface area (Å²) in [6.45, 7) is 0.0549. The number of nitrogens with one attached hydrogen (secondary N) is 1. The zero-order valence-corrected chi connectivity index (χ0v) is 11.2. The van der Waals surface area contributed by atoms with Crippen LogP contribution in [0.1, 0.15) is 24.5 Å². The van der Waals surface area contributed by atoms with Gasteiger partial charge in [0, 0.05) is 25.6 Å². The maximum atomic E-state index is 13.5. The summed E-state index contributed by atoms with van der Waals surface area (Å²) in [7, 11) is 1.44. The van der Waals surface area contributed by atoms with Crippen LogP contribution in [0.5, 0.6) is 0 Å². The zero-order chi connectivity index (χ0) is 14.7. The molecule has 0 spiro atoms. The van der Waals surface area contributed by atoms with Gasteiger partial charge in [-0.25, -0.2) is 4.39 Å². The molecule has 0 radical (unpaired) electrons. The van der Waals surface area contributed by atoms with Crippen LogP contribution in [0.15, 0.2) is 24.3 Å². The van der Waals surface area contributed by atoms with Crippen molar-refractivity contribution in [2.24, 2.45) is 0 Å². The van der Waals surface area contributed by atoms with Crippen LogP contribution in [0.25, 0.3) is 0 Å². The Balaban J connectivity index is 1.94. The largest absolute Gasteiger partial charge is 0.387 e. The van der Waals surface area contributed by atoms with Crippen LogP contribution < -0.4 is 5.32 Å². The van der Waals surface area contributed by atoms with Crippen LogP contribution in [0, 0.1) is 5.82 Å². The van der Waals surface area contributed by atoms with Gasteiger partial charge in [0.25, 0.3) is 0 Å². The smallest absolute Gasteiger partial charge is 0.246 e. The van der Waals surface area contributed by atoms with E-state index in [1.54, 1.807) is 12.1 Å². The molecular formula is C14H17FN2O3. The Morgan fingerprint density at radius 3 is 2.85 bits per heavy atom. The third-order valence-corrected chi connectivity index (χ3v) is 3.47. The minimum absolute atomic E-state index is 0.0549. The van der Waals surface area contributed by atoms with Gasteiger partial charge >= 0.3 is 0 Å². The van der Waals surface area contributed by atoms with Gasteiger partial charge in [0.2, 0.25) is 11.8 Å².